The fourth-order valence-corrected chi connectivity index (χ4v) is 2.04. The zero-order chi connectivity index (χ0) is 16.1. The molecule has 1 aliphatic heterocycles. The number of hydrogen-bond donors (Lipinski definition) is 0. The van der Waals surface area contributed by atoms with Gasteiger partial charge in [-0.25, -0.2) is 9.59 Å². The molecule has 0 fully saturated rings. The van der Waals surface area contributed by atoms with Gasteiger partial charge in [0.25, 0.3) is 0 Å². The van der Waals surface area contributed by atoms with Crippen LogP contribution in [0.1, 0.15) is 11.7 Å². The second-order valence-electron chi connectivity index (χ2n) is 4.45. The van der Waals surface area contributed by atoms with E-state index >= 15 is 0 Å². The van der Waals surface area contributed by atoms with Crippen LogP contribution in [0.15, 0.2) is 47.7 Å². The molecule has 0 aromatic heterocycles. The molecular formula is C16H16O6. The van der Waals surface area contributed by atoms with E-state index in [2.05, 4.69) is 4.74 Å². The first-order valence-corrected chi connectivity index (χ1v) is 6.48. The van der Waals surface area contributed by atoms with Gasteiger partial charge < -0.3 is 18.9 Å². The highest BCUT2D eigenvalue weighted by Crippen LogP contribution is 2.32. The summed E-state index contributed by atoms with van der Waals surface area (Å²) in [7, 11) is 4.09. The lowest BCUT2D eigenvalue weighted by Gasteiger charge is -2.23. The quantitative estimate of drug-likeness (QED) is 0.792. The maximum absolute atomic E-state index is 12.0. The van der Waals surface area contributed by atoms with Crippen LogP contribution in [-0.2, 0) is 23.8 Å². The van der Waals surface area contributed by atoms with E-state index in [1.165, 1.54) is 26.6 Å². The summed E-state index contributed by atoms with van der Waals surface area (Å²) in [5.74, 6) is -0.473. The molecule has 0 saturated heterocycles. The lowest BCUT2D eigenvalue weighted by Crippen LogP contribution is -2.20. The number of carbonyl (C=O) groups excluding carboxylic acids is 2. The number of benzene rings is 1. The molecule has 1 aliphatic rings. The van der Waals surface area contributed by atoms with E-state index in [-0.39, 0.29) is 11.1 Å². The van der Waals surface area contributed by atoms with Gasteiger partial charge in [0.15, 0.2) is 6.10 Å². The van der Waals surface area contributed by atoms with Gasteiger partial charge in [-0.05, 0) is 23.8 Å². The van der Waals surface area contributed by atoms with Crippen LogP contribution in [0.5, 0.6) is 5.75 Å². The van der Waals surface area contributed by atoms with Gasteiger partial charge >= 0.3 is 11.9 Å². The van der Waals surface area contributed by atoms with Crippen LogP contribution >= 0.6 is 0 Å². The SMILES string of the molecule is COC(=O)C1=COC(c2ccc(OC)cc2)C(C(=O)OC)=C1. The molecule has 1 aromatic carbocycles. The zero-order valence-electron chi connectivity index (χ0n) is 12.5. The number of rotatable bonds is 4. The molecule has 0 saturated carbocycles. The predicted octanol–water partition coefficient (Wildman–Crippen LogP) is 1.92. The van der Waals surface area contributed by atoms with Crippen molar-refractivity contribution in [3.8, 4) is 5.75 Å². The van der Waals surface area contributed by atoms with E-state index < -0.39 is 18.0 Å². The second kappa shape index (κ2) is 6.80. The fourth-order valence-electron chi connectivity index (χ4n) is 2.04. The molecule has 0 bridgehead atoms. The summed E-state index contributed by atoms with van der Waals surface area (Å²) < 4.78 is 20.0. The summed E-state index contributed by atoms with van der Waals surface area (Å²) >= 11 is 0. The van der Waals surface area contributed by atoms with Crippen molar-refractivity contribution in [2.24, 2.45) is 0 Å². The van der Waals surface area contributed by atoms with Gasteiger partial charge in [0.05, 0.1) is 38.7 Å². The maximum atomic E-state index is 12.0. The normalized spacial score (nSPS) is 16.8. The predicted molar refractivity (Wildman–Crippen MR) is 77.0 cm³/mol. The molecule has 0 N–H and O–H groups in total. The van der Waals surface area contributed by atoms with Crippen LogP contribution in [0.3, 0.4) is 0 Å². The van der Waals surface area contributed by atoms with Gasteiger partial charge in [0.2, 0.25) is 0 Å². The Morgan fingerprint density at radius 2 is 1.64 bits per heavy atom. The highest BCUT2D eigenvalue weighted by molar-refractivity contribution is 5.97. The minimum atomic E-state index is -0.660. The fraction of sp³-hybridized carbons (Fsp3) is 0.250. The van der Waals surface area contributed by atoms with Gasteiger partial charge in [-0.15, -0.1) is 0 Å². The van der Waals surface area contributed by atoms with E-state index in [4.69, 9.17) is 14.2 Å². The molecule has 6 heteroatoms. The van der Waals surface area contributed by atoms with Crippen molar-refractivity contribution in [1.82, 2.24) is 0 Å². The minimum absolute atomic E-state index is 0.146. The smallest absolute Gasteiger partial charge is 0.341 e. The Labute approximate surface area is 127 Å². The van der Waals surface area contributed by atoms with Crippen LogP contribution in [0.2, 0.25) is 0 Å². The summed E-state index contributed by atoms with van der Waals surface area (Å²) in [6, 6.07) is 7.06. The Kier molecular flexibility index (Phi) is 4.83. The molecule has 1 atom stereocenters. The summed E-state index contributed by atoms with van der Waals surface area (Å²) in [5, 5.41) is 0. The molecule has 1 heterocycles. The van der Waals surface area contributed by atoms with E-state index in [1.807, 2.05) is 0 Å². The number of ether oxygens (including phenoxy) is 4. The monoisotopic (exact) mass is 304 g/mol. The second-order valence-corrected chi connectivity index (χ2v) is 4.45. The molecule has 0 aliphatic carbocycles. The lowest BCUT2D eigenvalue weighted by molar-refractivity contribution is -0.137. The van der Waals surface area contributed by atoms with E-state index in [1.54, 1.807) is 31.4 Å². The molecular weight excluding hydrogens is 288 g/mol. The van der Waals surface area contributed by atoms with E-state index in [0.717, 1.165) is 5.56 Å². The lowest BCUT2D eigenvalue weighted by atomic mass is 9.97. The Bertz CT molecular complexity index is 627. The van der Waals surface area contributed by atoms with E-state index in [0.29, 0.717) is 5.75 Å². The molecule has 2 rings (SSSR count). The standard InChI is InChI=1S/C16H16O6/c1-19-12-6-4-10(5-7-12)14-13(16(18)21-3)8-11(9-22-14)15(17)20-2/h4-9,14H,1-3H3. The van der Waals surface area contributed by atoms with Crippen molar-refractivity contribution in [3.05, 3.63) is 53.3 Å². The van der Waals surface area contributed by atoms with Crippen LogP contribution in [0.4, 0.5) is 0 Å². The van der Waals surface area contributed by atoms with Gasteiger partial charge in [0.1, 0.15) is 5.75 Å². The molecule has 0 radical (unpaired) electrons. The Balaban J connectivity index is 2.35. The zero-order valence-corrected chi connectivity index (χ0v) is 12.5. The largest absolute Gasteiger partial charge is 0.497 e. The van der Waals surface area contributed by atoms with Crippen molar-refractivity contribution in [3.63, 3.8) is 0 Å². The van der Waals surface area contributed by atoms with Gasteiger partial charge in [-0.1, -0.05) is 12.1 Å². The van der Waals surface area contributed by atoms with E-state index in [9.17, 15) is 9.59 Å². The third kappa shape index (κ3) is 3.11. The number of hydrogen-bond acceptors (Lipinski definition) is 6. The molecule has 116 valence electrons. The Hall–Kier alpha value is -2.76. The third-order valence-corrected chi connectivity index (χ3v) is 3.19. The molecule has 0 amide bonds. The van der Waals surface area contributed by atoms with Crippen LogP contribution in [0.25, 0.3) is 0 Å². The number of carbonyl (C=O) groups is 2. The van der Waals surface area contributed by atoms with Crippen molar-refractivity contribution in [1.29, 1.82) is 0 Å². The van der Waals surface area contributed by atoms with Gasteiger partial charge in [-0.3, -0.25) is 0 Å². The van der Waals surface area contributed by atoms with Crippen molar-refractivity contribution in [2.45, 2.75) is 6.10 Å². The molecule has 1 aromatic rings. The highest BCUT2D eigenvalue weighted by Gasteiger charge is 2.29. The first kappa shape index (κ1) is 15.6. The first-order valence-electron chi connectivity index (χ1n) is 6.48. The first-order chi connectivity index (χ1) is 10.6. The average Bonchev–Trinajstić information content (AvgIpc) is 2.59. The van der Waals surface area contributed by atoms with Crippen molar-refractivity contribution >= 4 is 11.9 Å². The van der Waals surface area contributed by atoms with Crippen molar-refractivity contribution in [2.75, 3.05) is 21.3 Å². The van der Waals surface area contributed by atoms with Gasteiger partial charge in [-0.2, -0.15) is 0 Å². The van der Waals surface area contributed by atoms with Crippen LogP contribution < -0.4 is 4.74 Å². The molecule has 0 spiro atoms. The molecule has 6 nitrogen and oxygen atoms in total. The topological polar surface area (TPSA) is 71.1 Å². The number of methoxy groups -OCH3 is 3. The van der Waals surface area contributed by atoms with Gasteiger partial charge in [0, 0.05) is 0 Å². The Morgan fingerprint density at radius 3 is 2.18 bits per heavy atom. The summed E-state index contributed by atoms with van der Waals surface area (Å²) in [4.78, 5) is 23.5. The average molecular weight is 304 g/mol. The number of esters is 2. The maximum Gasteiger partial charge on any atom is 0.341 e. The summed E-state index contributed by atoms with van der Waals surface area (Å²) in [5.41, 5.74) is 1.10. The Morgan fingerprint density at radius 1 is 1.00 bits per heavy atom. The minimum Gasteiger partial charge on any atom is -0.497 e. The summed E-state index contributed by atoms with van der Waals surface area (Å²) in [6.45, 7) is 0. The summed E-state index contributed by atoms with van der Waals surface area (Å²) in [6.07, 6.45) is 2.02. The van der Waals surface area contributed by atoms with Crippen molar-refractivity contribution < 1.29 is 28.5 Å². The molecule has 22 heavy (non-hydrogen) atoms. The van der Waals surface area contributed by atoms with Crippen LogP contribution in [0, 0.1) is 0 Å². The third-order valence-electron chi connectivity index (χ3n) is 3.19. The van der Waals surface area contributed by atoms with Crippen LogP contribution in [-0.4, -0.2) is 33.3 Å². The molecule has 1 unspecified atom stereocenters. The highest BCUT2D eigenvalue weighted by atomic mass is 16.5.